The zero-order valence-corrected chi connectivity index (χ0v) is 5.42. The second-order valence-corrected chi connectivity index (χ2v) is 2.82. The van der Waals surface area contributed by atoms with Gasteiger partial charge in [-0.05, 0) is 12.8 Å². The van der Waals surface area contributed by atoms with Gasteiger partial charge in [0.2, 0.25) is 6.54 Å². The molecule has 1 atom stereocenters. The summed E-state index contributed by atoms with van der Waals surface area (Å²) in [6, 6.07) is 0.608. The molecule has 2 heterocycles. The summed E-state index contributed by atoms with van der Waals surface area (Å²) in [5.74, 6) is 0. The summed E-state index contributed by atoms with van der Waals surface area (Å²) in [6.07, 6.45) is 3.56. The quantitative estimate of drug-likeness (QED) is 0.443. The molecule has 1 unspecified atom stereocenters. The van der Waals surface area contributed by atoms with Crippen LogP contribution in [-0.4, -0.2) is 29.0 Å². The van der Waals surface area contributed by atoms with E-state index in [2.05, 4.69) is 0 Å². The van der Waals surface area contributed by atoms with Crippen molar-refractivity contribution in [1.29, 1.82) is 0 Å². The van der Waals surface area contributed by atoms with Gasteiger partial charge in [0.05, 0.1) is 17.5 Å². The van der Waals surface area contributed by atoms with Crippen molar-refractivity contribution < 1.29 is 4.87 Å². The molecule has 0 radical (unpaired) electrons. The van der Waals surface area contributed by atoms with Gasteiger partial charge in [0.1, 0.15) is 4.87 Å². The first-order chi connectivity index (χ1) is 4.38. The van der Waals surface area contributed by atoms with E-state index in [1.165, 1.54) is 12.8 Å². The lowest BCUT2D eigenvalue weighted by Gasteiger charge is -2.36. The van der Waals surface area contributed by atoms with E-state index in [0.717, 1.165) is 24.4 Å². The largest absolute Gasteiger partial charge is 0.225 e. The third-order valence-electron chi connectivity index (χ3n) is 2.29. The number of hydrogen-bond donors (Lipinski definition) is 0. The summed E-state index contributed by atoms with van der Waals surface area (Å²) in [4.78, 5) is 12.0. The number of rotatable bonds is 0. The highest BCUT2D eigenvalue weighted by molar-refractivity contribution is 4.77. The summed E-state index contributed by atoms with van der Waals surface area (Å²) in [5.41, 5.74) is 0. The van der Waals surface area contributed by atoms with Crippen LogP contribution in [0.4, 0.5) is 0 Å². The lowest BCUT2D eigenvalue weighted by atomic mass is 9.98. The average Bonchev–Trinajstić information content (AvgIpc) is 1.74. The molecule has 0 aromatic heterocycles. The Kier molecular flexibility index (Phi) is 0.976. The fourth-order valence-electron chi connectivity index (χ4n) is 1.60. The maximum Gasteiger partial charge on any atom is 0.225 e. The van der Waals surface area contributed by atoms with Crippen LogP contribution in [-0.2, 0) is 0 Å². The Hall–Kier alpha value is -0.600. The normalized spacial score (nSPS) is 33.6. The molecule has 0 spiro atoms. The van der Waals surface area contributed by atoms with Gasteiger partial charge in [-0.25, -0.2) is 0 Å². The van der Waals surface area contributed by atoms with E-state index in [9.17, 15) is 4.91 Å². The minimum atomic E-state index is 0.608. The van der Waals surface area contributed by atoms with Crippen LogP contribution < -0.4 is 0 Å². The highest BCUT2D eigenvalue weighted by atomic mass is 16.3. The van der Waals surface area contributed by atoms with Gasteiger partial charge < -0.3 is 0 Å². The zero-order chi connectivity index (χ0) is 6.27. The van der Waals surface area contributed by atoms with Gasteiger partial charge in [0.25, 0.3) is 0 Å². The van der Waals surface area contributed by atoms with Crippen molar-refractivity contribution >= 4 is 0 Å². The van der Waals surface area contributed by atoms with Crippen molar-refractivity contribution in [2.45, 2.75) is 25.3 Å². The lowest BCUT2D eigenvalue weighted by Crippen LogP contribution is -2.55. The summed E-state index contributed by atoms with van der Waals surface area (Å²) in [5, 5.41) is 1.93. The molecule has 50 valence electrons. The maximum absolute atomic E-state index is 10.9. The van der Waals surface area contributed by atoms with Crippen molar-refractivity contribution in [3.05, 3.63) is 4.91 Å². The van der Waals surface area contributed by atoms with Crippen molar-refractivity contribution in [2.75, 3.05) is 13.1 Å². The van der Waals surface area contributed by atoms with Gasteiger partial charge in [-0.3, -0.25) is 0 Å². The number of hydrazine groups is 1. The number of nitrogens with zero attached hydrogens (tertiary/aromatic N) is 2. The Morgan fingerprint density at radius 2 is 2.33 bits per heavy atom. The molecule has 0 amide bonds. The van der Waals surface area contributed by atoms with Crippen molar-refractivity contribution in [1.82, 2.24) is 5.01 Å². The number of hydrogen-bond acceptors (Lipinski definition) is 1. The van der Waals surface area contributed by atoms with Gasteiger partial charge in [-0.15, -0.1) is 5.01 Å². The van der Waals surface area contributed by atoms with Crippen LogP contribution in [0.2, 0.25) is 0 Å². The van der Waals surface area contributed by atoms with E-state index in [-0.39, 0.29) is 0 Å². The molecule has 0 N–H and O–H groups in total. The summed E-state index contributed by atoms with van der Waals surface area (Å²) >= 11 is 0. The molecule has 0 aromatic carbocycles. The second kappa shape index (κ2) is 1.69. The van der Waals surface area contributed by atoms with Gasteiger partial charge in [-0.1, -0.05) is 0 Å². The van der Waals surface area contributed by atoms with Crippen molar-refractivity contribution in [3.63, 3.8) is 0 Å². The van der Waals surface area contributed by atoms with Crippen LogP contribution in [0, 0.1) is 4.91 Å². The molecular weight excluding hydrogens is 116 g/mol. The zero-order valence-electron chi connectivity index (χ0n) is 5.42. The molecule has 3 heteroatoms. The summed E-state index contributed by atoms with van der Waals surface area (Å²) < 4.78 is 0. The predicted octanol–water partition coefficient (Wildman–Crippen LogP) is 0.548. The standard InChI is InChI=1S/C6H11N2O/c9-8-4-1-2-6-3-5-7(6)8/h6H,1-5H2/q+1. The number of fused-ring (bicyclic) bond motifs is 1. The highest BCUT2D eigenvalue weighted by Crippen LogP contribution is 2.25. The lowest BCUT2D eigenvalue weighted by molar-refractivity contribution is -0.738. The monoisotopic (exact) mass is 127 g/mol. The first-order valence-corrected chi connectivity index (χ1v) is 3.59. The van der Waals surface area contributed by atoms with Crippen LogP contribution >= 0.6 is 0 Å². The van der Waals surface area contributed by atoms with Crippen molar-refractivity contribution in [3.8, 4) is 0 Å². The van der Waals surface area contributed by atoms with Gasteiger partial charge >= 0.3 is 0 Å². The van der Waals surface area contributed by atoms with E-state index in [1.54, 1.807) is 0 Å². The number of nitroso groups, excluding NO2 is 1. The third-order valence-corrected chi connectivity index (χ3v) is 2.29. The first-order valence-electron chi connectivity index (χ1n) is 3.59. The molecule has 2 aliphatic rings. The van der Waals surface area contributed by atoms with Crippen LogP contribution in [0.1, 0.15) is 19.3 Å². The molecule has 2 saturated heterocycles. The highest BCUT2D eigenvalue weighted by Gasteiger charge is 2.41. The average molecular weight is 127 g/mol. The van der Waals surface area contributed by atoms with E-state index < -0.39 is 0 Å². The predicted molar refractivity (Wildman–Crippen MR) is 32.8 cm³/mol. The third kappa shape index (κ3) is 0.637. The molecule has 9 heavy (non-hydrogen) atoms. The van der Waals surface area contributed by atoms with Gasteiger partial charge in [-0.2, -0.15) is 0 Å². The van der Waals surface area contributed by atoms with Crippen LogP contribution in [0.25, 0.3) is 0 Å². The second-order valence-electron chi connectivity index (χ2n) is 2.82. The Balaban J connectivity index is 2.06. The maximum atomic E-state index is 10.9. The van der Waals surface area contributed by atoms with Crippen molar-refractivity contribution in [2.24, 2.45) is 0 Å². The minimum absolute atomic E-state index is 0.608. The van der Waals surface area contributed by atoms with E-state index >= 15 is 0 Å². The van der Waals surface area contributed by atoms with Crippen LogP contribution in [0.5, 0.6) is 0 Å². The molecule has 0 aromatic rings. The summed E-state index contributed by atoms with van der Waals surface area (Å²) in [6.45, 7) is 1.71. The molecule has 0 bridgehead atoms. The van der Waals surface area contributed by atoms with E-state index in [4.69, 9.17) is 0 Å². The van der Waals surface area contributed by atoms with E-state index in [0.29, 0.717) is 6.04 Å². The molecule has 3 nitrogen and oxygen atoms in total. The molecule has 2 rings (SSSR count). The van der Waals surface area contributed by atoms with Crippen LogP contribution in [0.15, 0.2) is 0 Å². The Labute approximate surface area is 54.2 Å². The first kappa shape index (κ1) is 5.21. The SMILES string of the molecule is O=[N+]1CCCC2CCN21. The molecular formula is C6H11N2O+. The molecule has 0 aliphatic carbocycles. The molecule has 0 saturated carbocycles. The summed E-state index contributed by atoms with van der Waals surface area (Å²) in [7, 11) is 0. The Morgan fingerprint density at radius 1 is 1.44 bits per heavy atom. The minimum Gasteiger partial charge on any atom is -0.138 e. The molecule has 2 aliphatic heterocycles. The fraction of sp³-hybridized carbons (Fsp3) is 1.00. The van der Waals surface area contributed by atoms with Gasteiger partial charge in [0, 0.05) is 6.42 Å². The topological polar surface area (TPSA) is 23.3 Å². The molecule has 2 fully saturated rings. The van der Waals surface area contributed by atoms with Gasteiger partial charge in [0.15, 0.2) is 0 Å². The van der Waals surface area contributed by atoms with Crippen LogP contribution in [0.3, 0.4) is 0 Å². The van der Waals surface area contributed by atoms with E-state index in [1.807, 2.05) is 5.01 Å². The Bertz CT molecular complexity index is 146. The fourth-order valence-corrected chi connectivity index (χ4v) is 1.60. The smallest absolute Gasteiger partial charge is 0.138 e. The Morgan fingerprint density at radius 3 is 2.78 bits per heavy atom.